The van der Waals surface area contributed by atoms with Gasteiger partial charge in [0.15, 0.2) is 0 Å². The molecule has 3 rings (SSSR count). The molecule has 0 spiro atoms. The van der Waals surface area contributed by atoms with Gasteiger partial charge in [0.1, 0.15) is 0 Å². The Bertz CT molecular complexity index is 485. The number of anilines is 1. The van der Waals surface area contributed by atoms with E-state index in [1.54, 1.807) is 0 Å². The number of benzene rings is 1. The summed E-state index contributed by atoms with van der Waals surface area (Å²) in [5.41, 5.74) is 10.4. The van der Waals surface area contributed by atoms with Gasteiger partial charge in [-0.2, -0.15) is 0 Å². The molecule has 2 unspecified atom stereocenters. The minimum Gasteiger partial charge on any atom is -0.374 e. The lowest BCUT2D eigenvalue weighted by Gasteiger charge is -2.40. The molecule has 1 aromatic rings. The Labute approximate surface area is 129 Å². The predicted octanol–water partition coefficient (Wildman–Crippen LogP) is 2.77. The molecule has 2 heterocycles. The van der Waals surface area contributed by atoms with Gasteiger partial charge in [0.05, 0.1) is 0 Å². The molecule has 1 aromatic carbocycles. The Morgan fingerprint density at radius 3 is 2.90 bits per heavy atom. The van der Waals surface area contributed by atoms with Crippen molar-refractivity contribution in [2.75, 3.05) is 25.0 Å². The first-order chi connectivity index (χ1) is 10.2. The molecular formula is C18H29N3. The Hall–Kier alpha value is -1.06. The first kappa shape index (κ1) is 14.9. The quantitative estimate of drug-likeness (QED) is 0.928. The van der Waals surface area contributed by atoms with E-state index in [0.29, 0.717) is 12.1 Å². The number of rotatable bonds is 3. The van der Waals surface area contributed by atoms with E-state index in [-0.39, 0.29) is 0 Å². The molecule has 3 nitrogen and oxygen atoms in total. The fourth-order valence-corrected chi connectivity index (χ4v) is 4.03. The van der Waals surface area contributed by atoms with E-state index in [0.717, 1.165) is 13.1 Å². The van der Waals surface area contributed by atoms with E-state index < -0.39 is 0 Å². The van der Waals surface area contributed by atoms with Crippen molar-refractivity contribution in [3.63, 3.8) is 0 Å². The summed E-state index contributed by atoms with van der Waals surface area (Å²) < 4.78 is 0. The largest absolute Gasteiger partial charge is 0.374 e. The molecule has 2 aliphatic rings. The second kappa shape index (κ2) is 6.37. The van der Waals surface area contributed by atoms with Gasteiger partial charge in [-0.15, -0.1) is 0 Å². The summed E-state index contributed by atoms with van der Waals surface area (Å²) in [6.07, 6.45) is 6.40. The number of piperidine rings is 1. The van der Waals surface area contributed by atoms with E-state index in [4.69, 9.17) is 5.73 Å². The van der Waals surface area contributed by atoms with E-state index >= 15 is 0 Å². The molecule has 0 radical (unpaired) electrons. The SMILES string of the molecule is CC1CCCC(CN)N1Cc1ccc2c(c1)CCCN2C. The zero-order chi connectivity index (χ0) is 14.8. The van der Waals surface area contributed by atoms with Gasteiger partial charge in [-0.25, -0.2) is 0 Å². The summed E-state index contributed by atoms with van der Waals surface area (Å²) >= 11 is 0. The predicted molar refractivity (Wildman–Crippen MR) is 89.7 cm³/mol. The van der Waals surface area contributed by atoms with E-state index in [1.165, 1.54) is 55.5 Å². The third kappa shape index (κ3) is 3.09. The Kier molecular flexibility index (Phi) is 4.51. The maximum atomic E-state index is 5.99. The van der Waals surface area contributed by atoms with Crippen LogP contribution >= 0.6 is 0 Å². The molecule has 2 atom stereocenters. The molecule has 0 aliphatic carbocycles. The van der Waals surface area contributed by atoms with Gasteiger partial charge in [-0.05, 0) is 49.8 Å². The van der Waals surface area contributed by atoms with Crippen LogP contribution in [0.1, 0.15) is 43.7 Å². The number of likely N-dealkylation sites (tertiary alicyclic amines) is 1. The average molecular weight is 287 g/mol. The molecule has 1 saturated heterocycles. The van der Waals surface area contributed by atoms with Crippen LogP contribution < -0.4 is 10.6 Å². The zero-order valence-corrected chi connectivity index (χ0v) is 13.5. The second-order valence-electron chi connectivity index (χ2n) is 6.83. The van der Waals surface area contributed by atoms with E-state index in [2.05, 4.69) is 42.0 Å². The van der Waals surface area contributed by atoms with Crippen molar-refractivity contribution in [1.82, 2.24) is 4.90 Å². The molecule has 0 bridgehead atoms. The molecule has 21 heavy (non-hydrogen) atoms. The average Bonchev–Trinajstić information content (AvgIpc) is 2.49. The number of aryl methyl sites for hydroxylation is 1. The minimum absolute atomic E-state index is 0.562. The summed E-state index contributed by atoms with van der Waals surface area (Å²) in [5, 5.41) is 0. The van der Waals surface area contributed by atoms with Crippen LogP contribution in [-0.2, 0) is 13.0 Å². The topological polar surface area (TPSA) is 32.5 Å². The Morgan fingerprint density at radius 2 is 2.10 bits per heavy atom. The Morgan fingerprint density at radius 1 is 1.24 bits per heavy atom. The summed E-state index contributed by atoms with van der Waals surface area (Å²) in [6.45, 7) is 5.39. The summed E-state index contributed by atoms with van der Waals surface area (Å²) in [5.74, 6) is 0. The molecule has 116 valence electrons. The fourth-order valence-electron chi connectivity index (χ4n) is 4.03. The highest BCUT2D eigenvalue weighted by molar-refractivity contribution is 5.56. The molecule has 0 amide bonds. The third-order valence-corrected chi connectivity index (χ3v) is 5.33. The molecule has 3 heteroatoms. The summed E-state index contributed by atoms with van der Waals surface area (Å²) in [4.78, 5) is 5.01. The maximum Gasteiger partial charge on any atom is 0.0396 e. The van der Waals surface area contributed by atoms with Crippen LogP contribution in [0.15, 0.2) is 18.2 Å². The third-order valence-electron chi connectivity index (χ3n) is 5.33. The normalized spacial score (nSPS) is 26.7. The van der Waals surface area contributed by atoms with Gasteiger partial charge in [-0.3, -0.25) is 4.90 Å². The number of nitrogens with zero attached hydrogens (tertiary/aromatic N) is 2. The molecular weight excluding hydrogens is 258 g/mol. The first-order valence-electron chi connectivity index (χ1n) is 8.48. The van der Waals surface area contributed by atoms with Crippen molar-refractivity contribution in [3.8, 4) is 0 Å². The zero-order valence-electron chi connectivity index (χ0n) is 13.5. The van der Waals surface area contributed by atoms with Gasteiger partial charge in [0.25, 0.3) is 0 Å². The van der Waals surface area contributed by atoms with E-state index in [1.807, 2.05) is 0 Å². The highest BCUT2D eigenvalue weighted by atomic mass is 15.2. The lowest BCUT2D eigenvalue weighted by Crippen LogP contribution is -2.48. The van der Waals surface area contributed by atoms with Crippen molar-refractivity contribution >= 4 is 5.69 Å². The number of nitrogens with two attached hydrogens (primary N) is 1. The minimum atomic E-state index is 0.562. The van der Waals surface area contributed by atoms with Gasteiger partial charge >= 0.3 is 0 Å². The standard InChI is InChI=1S/C18H29N3/c1-14-5-3-7-17(12-19)21(14)13-15-8-9-18-16(11-15)6-4-10-20(18)2/h8-9,11,14,17H,3-7,10,12-13,19H2,1-2H3. The van der Waals surface area contributed by atoms with Gasteiger partial charge in [0, 0.05) is 44.5 Å². The molecule has 1 fully saturated rings. The van der Waals surface area contributed by atoms with Crippen molar-refractivity contribution < 1.29 is 0 Å². The van der Waals surface area contributed by atoms with Crippen LogP contribution in [0, 0.1) is 0 Å². The van der Waals surface area contributed by atoms with Crippen molar-refractivity contribution in [3.05, 3.63) is 29.3 Å². The lowest BCUT2D eigenvalue weighted by molar-refractivity contribution is 0.0892. The second-order valence-corrected chi connectivity index (χ2v) is 6.83. The van der Waals surface area contributed by atoms with E-state index in [9.17, 15) is 0 Å². The molecule has 0 saturated carbocycles. The van der Waals surface area contributed by atoms with Crippen LogP contribution in [0.5, 0.6) is 0 Å². The monoisotopic (exact) mass is 287 g/mol. The van der Waals surface area contributed by atoms with Crippen LogP contribution in [0.25, 0.3) is 0 Å². The first-order valence-corrected chi connectivity index (χ1v) is 8.48. The van der Waals surface area contributed by atoms with Crippen molar-refractivity contribution in [2.45, 2.75) is 57.7 Å². The van der Waals surface area contributed by atoms with Crippen LogP contribution in [0.4, 0.5) is 5.69 Å². The Balaban J connectivity index is 1.78. The lowest BCUT2D eigenvalue weighted by atomic mass is 9.94. The number of fused-ring (bicyclic) bond motifs is 1. The smallest absolute Gasteiger partial charge is 0.0396 e. The summed E-state index contributed by atoms with van der Waals surface area (Å²) in [6, 6.07) is 8.28. The van der Waals surface area contributed by atoms with Gasteiger partial charge in [-0.1, -0.05) is 18.6 Å². The molecule has 0 aromatic heterocycles. The van der Waals surface area contributed by atoms with Crippen LogP contribution in [0.3, 0.4) is 0 Å². The van der Waals surface area contributed by atoms with Crippen molar-refractivity contribution in [1.29, 1.82) is 0 Å². The van der Waals surface area contributed by atoms with Gasteiger partial charge in [0.2, 0.25) is 0 Å². The van der Waals surface area contributed by atoms with Gasteiger partial charge < -0.3 is 10.6 Å². The van der Waals surface area contributed by atoms with Crippen LogP contribution in [-0.4, -0.2) is 37.1 Å². The van der Waals surface area contributed by atoms with Crippen molar-refractivity contribution in [2.24, 2.45) is 5.73 Å². The fraction of sp³-hybridized carbons (Fsp3) is 0.667. The summed E-state index contributed by atoms with van der Waals surface area (Å²) in [7, 11) is 2.20. The maximum absolute atomic E-state index is 5.99. The number of hydrogen-bond donors (Lipinski definition) is 1. The number of hydrogen-bond acceptors (Lipinski definition) is 3. The highest BCUT2D eigenvalue weighted by Crippen LogP contribution is 2.29. The molecule has 2 aliphatic heterocycles. The molecule has 2 N–H and O–H groups in total. The highest BCUT2D eigenvalue weighted by Gasteiger charge is 2.27. The van der Waals surface area contributed by atoms with Crippen LogP contribution in [0.2, 0.25) is 0 Å².